The quantitative estimate of drug-likeness (QED) is 0.516. The van der Waals surface area contributed by atoms with Crippen LogP contribution in [0.25, 0.3) is 0 Å². The first-order chi connectivity index (χ1) is 11.7. The Bertz CT molecular complexity index is 817. The van der Waals surface area contributed by atoms with Crippen molar-refractivity contribution in [2.75, 3.05) is 12.4 Å². The van der Waals surface area contributed by atoms with Crippen molar-refractivity contribution in [2.45, 2.75) is 18.4 Å². The number of nitrogens with zero attached hydrogens (tertiary/aromatic N) is 1. The molecule has 0 aromatic heterocycles. The average molecular weight is 322 g/mol. The van der Waals surface area contributed by atoms with Crippen LogP contribution in [0.15, 0.2) is 54.6 Å². The van der Waals surface area contributed by atoms with Crippen molar-refractivity contribution in [1.29, 1.82) is 0 Å². The molecule has 4 rings (SSSR count). The van der Waals surface area contributed by atoms with Crippen LogP contribution in [-0.2, 0) is 0 Å². The van der Waals surface area contributed by atoms with E-state index in [2.05, 4.69) is 29.6 Å². The van der Waals surface area contributed by atoms with Gasteiger partial charge >= 0.3 is 0 Å². The summed E-state index contributed by atoms with van der Waals surface area (Å²) in [7, 11) is 1.55. The summed E-state index contributed by atoms with van der Waals surface area (Å²) in [5.74, 6) is 1.05. The molecule has 1 heterocycles. The highest BCUT2D eigenvalue weighted by Crippen LogP contribution is 2.53. The maximum atomic E-state index is 11.2. The molecule has 3 atom stereocenters. The number of non-ortho nitro benzene ring substituents is 1. The fourth-order valence-electron chi connectivity index (χ4n) is 3.91. The minimum atomic E-state index is -0.361. The second-order valence-electron chi connectivity index (χ2n) is 6.26. The summed E-state index contributed by atoms with van der Waals surface area (Å²) in [5.41, 5.74) is 3.11. The maximum absolute atomic E-state index is 11.2. The van der Waals surface area contributed by atoms with Crippen molar-refractivity contribution in [3.05, 3.63) is 75.9 Å². The molecule has 5 heteroatoms. The van der Waals surface area contributed by atoms with E-state index in [4.69, 9.17) is 4.74 Å². The number of fused-ring (bicyclic) bond motifs is 3. The van der Waals surface area contributed by atoms with E-state index in [1.165, 1.54) is 11.6 Å². The van der Waals surface area contributed by atoms with Gasteiger partial charge in [-0.15, -0.1) is 0 Å². The zero-order chi connectivity index (χ0) is 16.7. The van der Waals surface area contributed by atoms with Crippen LogP contribution in [0, 0.1) is 16.0 Å². The van der Waals surface area contributed by atoms with Gasteiger partial charge in [0.1, 0.15) is 5.75 Å². The molecule has 0 amide bonds. The summed E-state index contributed by atoms with van der Waals surface area (Å²) in [5, 5.41) is 14.8. The lowest BCUT2D eigenvalue weighted by Gasteiger charge is -2.38. The Morgan fingerprint density at radius 2 is 2.04 bits per heavy atom. The number of rotatable bonds is 3. The molecule has 2 aliphatic rings. The highest BCUT2D eigenvalue weighted by molar-refractivity contribution is 5.71. The number of benzene rings is 2. The summed E-state index contributed by atoms with van der Waals surface area (Å²) in [6.45, 7) is 0. The molecule has 0 fully saturated rings. The van der Waals surface area contributed by atoms with Crippen LogP contribution in [-0.4, -0.2) is 12.0 Å². The van der Waals surface area contributed by atoms with E-state index in [-0.39, 0.29) is 22.6 Å². The van der Waals surface area contributed by atoms with Gasteiger partial charge in [0.2, 0.25) is 0 Å². The van der Waals surface area contributed by atoms with Gasteiger partial charge in [-0.2, -0.15) is 0 Å². The van der Waals surface area contributed by atoms with Crippen molar-refractivity contribution in [3.8, 4) is 5.75 Å². The van der Waals surface area contributed by atoms with Gasteiger partial charge in [-0.05, 0) is 23.5 Å². The Morgan fingerprint density at radius 1 is 1.25 bits per heavy atom. The van der Waals surface area contributed by atoms with Crippen molar-refractivity contribution in [3.63, 3.8) is 0 Å². The zero-order valence-corrected chi connectivity index (χ0v) is 13.3. The zero-order valence-electron chi connectivity index (χ0n) is 13.3. The molecule has 0 saturated heterocycles. The first-order valence-corrected chi connectivity index (χ1v) is 8.03. The Hall–Kier alpha value is -2.82. The molecule has 1 aliphatic heterocycles. The van der Waals surface area contributed by atoms with Crippen LogP contribution >= 0.6 is 0 Å². The molecule has 0 unspecified atom stereocenters. The average Bonchev–Trinajstić information content (AvgIpc) is 3.10. The fourth-order valence-corrected chi connectivity index (χ4v) is 3.91. The van der Waals surface area contributed by atoms with E-state index in [9.17, 15) is 10.1 Å². The van der Waals surface area contributed by atoms with Gasteiger partial charge in [-0.1, -0.05) is 42.5 Å². The lowest BCUT2D eigenvalue weighted by molar-refractivity contribution is -0.385. The molecule has 0 saturated carbocycles. The summed E-state index contributed by atoms with van der Waals surface area (Å²) in [6, 6.07) is 13.7. The minimum absolute atomic E-state index is 0.0737. The van der Waals surface area contributed by atoms with Crippen LogP contribution in [0.1, 0.15) is 29.5 Å². The van der Waals surface area contributed by atoms with Gasteiger partial charge in [0.05, 0.1) is 29.8 Å². The number of nitrogens with one attached hydrogen (secondary N) is 1. The number of nitro groups is 1. The predicted molar refractivity (Wildman–Crippen MR) is 92.4 cm³/mol. The van der Waals surface area contributed by atoms with Gasteiger partial charge < -0.3 is 10.1 Å². The van der Waals surface area contributed by atoms with E-state index in [0.717, 1.165) is 17.7 Å². The fraction of sp³-hybridized carbons (Fsp3) is 0.263. The van der Waals surface area contributed by atoms with E-state index in [1.54, 1.807) is 13.2 Å². The summed E-state index contributed by atoms with van der Waals surface area (Å²) >= 11 is 0. The largest absolute Gasteiger partial charge is 0.494 e. The SMILES string of the molecule is COc1cc([N+](=O)[O-])cc2c1N[C@H](c1ccccc1)[C@H]1CC=C[C@@H]21. The van der Waals surface area contributed by atoms with E-state index in [1.807, 2.05) is 18.2 Å². The number of nitro benzene ring substituents is 1. The van der Waals surface area contributed by atoms with Gasteiger partial charge in [0.25, 0.3) is 5.69 Å². The highest BCUT2D eigenvalue weighted by Gasteiger charge is 2.40. The van der Waals surface area contributed by atoms with Crippen molar-refractivity contribution < 1.29 is 9.66 Å². The predicted octanol–water partition coefficient (Wildman–Crippen LogP) is 4.43. The Kier molecular flexibility index (Phi) is 3.49. The van der Waals surface area contributed by atoms with E-state index in [0.29, 0.717) is 11.7 Å². The van der Waals surface area contributed by atoms with Crippen molar-refractivity contribution >= 4 is 11.4 Å². The second-order valence-corrected chi connectivity index (χ2v) is 6.26. The standard InChI is InChI=1S/C19H18N2O3/c1-24-17-11-13(21(22)23)10-16-14-8-5-9-15(14)18(20-19(16)17)12-6-3-2-4-7-12/h2-8,10-11,14-15,18,20H,9H2,1H3/t14-,15+,18-/m1/s1. The lowest BCUT2D eigenvalue weighted by atomic mass is 9.76. The third kappa shape index (κ3) is 2.24. The van der Waals surface area contributed by atoms with Gasteiger partial charge in [-0.3, -0.25) is 10.1 Å². The molecule has 2 aromatic carbocycles. The number of ether oxygens (including phenoxy) is 1. The molecule has 0 spiro atoms. The Balaban J connectivity index is 1.86. The van der Waals surface area contributed by atoms with Crippen LogP contribution in [0.3, 0.4) is 0 Å². The Labute approximate surface area is 140 Å². The molecule has 0 radical (unpaired) electrons. The van der Waals surface area contributed by atoms with E-state index < -0.39 is 0 Å². The first-order valence-electron chi connectivity index (χ1n) is 8.03. The Morgan fingerprint density at radius 3 is 2.75 bits per heavy atom. The topological polar surface area (TPSA) is 64.4 Å². The minimum Gasteiger partial charge on any atom is -0.494 e. The van der Waals surface area contributed by atoms with Crippen LogP contribution in [0.4, 0.5) is 11.4 Å². The number of hydrogen-bond acceptors (Lipinski definition) is 4. The van der Waals surface area contributed by atoms with E-state index >= 15 is 0 Å². The smallest absolute Gasteiger partial charge is 0.273 e. The highest BCUT2D eigenvalue weighted by atomic mass is 16.6. The molecule has 122 valence electrons. The molecule has 1 N–H and O–H groups in total. The molecule has 0 bridgehead atoms. The molecule has 1 aliphatic carbocycles. The second kappa shape index (κ2) is 5.67. The molecule has 2 aromatic rings. The molecule has 5 nitrogen and oxygen atoms in total. The van der Waals surface area contributed by atoms with Gasteiger partial charge in [0.15, 0.2) is 0 Å². The molecule has 24 heavy (non-hydrogen) atoms. The molecular formula is C19H18N2O3. The van der Waals surface area contributed by atoms with Crippen LogP contribution in [0.2, 0.25) is 0 Å². The maximum Gasteiger partial charge on any atom is 0.273 e. The van der Waals surface area contributed by atoms with Crippen LogP contribution < -0.4 is 10.1 Å². The van der Waals surface area contributed by atoms with Crippen molar-refractivity contribution in [2.24, 2.45) is 5.92 Å². The summed E-state index contributed by atoms with van der Waals surface area (Å²) in [4.78, 5) is 10.9. The third-order valence-electron chi connectivity index (χ3n) is 5.01. The van der Waals surface area contributed by atoms with Crippen LogP contribution in [0.5, 0.6) is 5.75 Å². The van der Waals surface area contributed by atoms with Crippen molar-refractivity contribution in [1.82, 2.24) is 0 Å². The normalized spacial score (nSPS) is 24.0. The number of hydrogen-bond donors (Lipinski definition) is 1. The third-order valence-corrected chi connectivity index (χ3v) is 5.01. The number of allylic oxidation sites excluding steroid dienone is 2. The monoisotopic (exact) mass is 322 g/mol. The molecular weight excluding hydrogens is 304 g/mol. The summed E-state index contributed by atoms with van der Waals surface area (Å²) < 4.78 is 5.45. The number of methoxy groups -OCH3 is 1. The first kappa shape index (κ1) is 14.8. The lowest BCUT2D eigenvalue weighted by Crippen LogP contribution is -2.29. The van der Waals surface area contributed by atoms with Gasteiger partial charge in [0, 0.05) is 12.0 Å². The summed E-state index contributed by atoms with van der Waals surface area (Å²) in [6.07, 6.45) is 5.30. The van der Waals surface area contributed by atoms with Gasteiger partial charge in [-0.25, -0.2) is 0 Å². The number of anilines is 1.